The van der Waals surface area contributed by atoms with Gasteiger partial charge < -0.3 is 0 Å². The van der Waals surface area contributed by atoms with E-state index < -0.39 is 0 Å². The van der Waals surface area contributed by atoms with Gasteiger partial charge in [0, 0.05) is 6.07 Å². The fourth-order valence-electron chi connectivity index (χ4n) is 1.80. The third-order valence-corrected chi connectivity index (χ3v) is 3.78. The van der Waals surface area contributed by atoms with Crippen molar-refractivity contribution in [1.29, 1.82) is 0 Å². The molecule has 0 spiro atoms. The molecule has 0 saturated carbocycles. The van der Waals surface area contributed by atoms with Crippen LogP contribution in [0.1, 0.15) is 11.4 Å². The molecule has 0 aliphatic rings. The van der Waals surface area contributed by atoms with Gasteiger partial charge in [-0.15, -0.1) is 0 Å². The standard InChI is InChI=1S/C16H12Br2N8/c17-13-5-1-3-11(23-13)8-21-25-15-7-16(20-10-19-15)26-22-9-12-4-2-6-14(18)24-12/h1-10H,(H2,19,20,25,26)/b21-8+,22-9?. The van der Waals surface area contributed by atoms with Crippen molar-refractivity contribution in [2.24, 2.45) is 10.2 Å². The summed E-state index contributed by atoms with van der Waals surface area (Å²) in [7, 11) is 0. The lowest BCUT2D eigenvalue weighted by Crippen LogP contribution is -1.99. The lowest BCUT2D eigenvalue weighted by atomic mass is 10.4. The summed E-state index contributed by atoms with van der Waals surface area (Å²) in [6.07, 6.45) is 4.60. The van der Waals surface area contributed by atoms with Crippen LogP contribution in [-0.4, -0.2) is 32.4 Å². The topological polar surface area (TPSA) is 100 Å². The lowest BCUT2D eigenvalue weighted by molar-refractivity contribution is 1.12. The number of hydrogen-bond acceptors (Lipinski definition) is 8. The molecule has 0 fully saturated rings. The van der Waals surface area contributed by atoms with Crippen LogP contribution in [0.5, 0.6) is 0 Å². The minimum atomic E-state index is 0.518. The summed E-state index contributed by atoms with van der Waals surface area (Å²) in [4.78, 5) is 16.7. The molecule has 0 aromatic carbocycles. The Morgan fingerprint density at radius 3 is 1.73 bits per heavy atom. The first-order valence-electron chi connectivity index (χ1n) is 7.34. The summed E-state index contributed by atoms with van der Waals surface area (Å²) in [6.45, 7) is 0. The van der Waals surface area contributed by atoms with Crippen LogP contribution in [0, 0.1) is 0 Å². The lowest BCUT2D eigenvalue weighted by Gasteiger charge is -2.02. The molecule has 0 saturated heterocycles. The Hall–Kier alpha value is -2.72. The molecular weight excluding hydrogens is 464 g/mol. The van der Waals surface area contributed by atoms with Gasteiger partial charge in [-0.3, -0.25) is 10.9 Å². The second-order valence-corrected chi connectivity index (χ2v) is 6.42. The third-order valence-electron chi connectivity index (χ3n) is 2.89. The van der Waals surface area contributed by atoms with Crippen molar-refractivity contribution in [2.75, 3.05) is 10.9 Å². The predicted octanol–water partition coefficient (Wildman–Crippen LogP) is 3.68. The molecule has 10 heteroatoms. The van der Waals surface area contributed by atoms with Gasteiger partial charge >= 0.3 is 0 Å². The van der Waals surface area contributed by atoms with Gasteiger partial charge in [0.05, 0.1) is 23.8 Å². The van der Waals surface area contributed by atoms with Gasteiger partial charge in [-0.2, -0.15) is 10.2 Å². The van der Waals surface area contributed by atoms with Crippen molar-refractivity contribution in [2.45, 2.75) is 0 Å². The molecule has 2 N–H and O–H groups in total. The molecule has 0 atom stereocenters. The highest BCUT2D eigenvalue weighted by Crippen LogP contribution is 2.09. The van der Waals surface area contributed by atoms with Crippen molar-refractivity contribution in [1.82, 2.24) is 19.9 Å². The number of pyridine rings is 2. The number of aromatic nitrogens is 4. The molecule has 3 aromatic heterocycles. The van der Waals surface area contributed by atoms with E-state index >= 15 is 0 Å². The highest BCUT2D eigenvalue weighted by molar-refractivity contribution is 9.10. The number of anilines is 2. The summed E-state index contributed by atoms with van der Waals surface area (Å²) in [5.74, 6) is 1.04. The van der Waals surface area contributed by atoms with E-state index in [1.54, 1.807) is 18.5 Å². The van der Waals surface area contributed by atoms with Crippen molar-refractivity contribution in [3.63, 3.8) is 0 Å². The Morgan fingerprint density at radius 2 is 1.27 bits per heavy atom. The predicted molar refractivity (Wildman–Crippen MR) is 108 cm³/mol. The first-order valence-corrected chi connectivity index (χ1v) is 8.93. The average molecular weight is 476 g/mol. The average Bonchev–Trinajstić information content (AvgIpc) is 2.62. The second kappa shape index (κ2) is 9.11. The number of nitrogens with one attached hydrogen (secondary N) is 2. The van der Waals surface area contributed by atoms with Crippen molar-refractivity contribution in [3.05, 3.63) is 69.4 Å². The van der Waals surface area contributed by atoms with Crippen LogP contribution in [0.3, 0.4) is 0 Å². The summed E-state index contributed by atoms with van der Waals surface area (Å²) >= 11 is 6.62. The van der Waals surface area contributed by atoms with Gasteiger partial charge in [0.15, 0.2) is 11.6 Å². The van der Waals surface area contributed by atoms with Gasteiger partial charge in [-0.25, -0.2) is 19.9 Å². The van der Waals surface area contributed by atoms with Crippen molar-refractivity contribution in [3.8, 4) is 0 Å². The smallest absolute Gasteiger partial charge is 0.151 e. The van der Waals surface area contributed by atoms with Gasteiger partial charge in [-0.05, 0) is 56.1 Å². The largest absolute Gasteiger partial charge is 0.261 e. The highest BCUT2D eigenvalue weighted by atomic mass is 79.9. The fraction of sp³-hybridized carbons (Fsp3) is 0. The molecule has 0 amide bonds. The molecule has 130 valence electrons. The molecule has 0 aliphatic carbocycles. The van der Waals surface area contributed by atoms with E-state index in [4.69, 9.17) is 0 Å². The van der Waals surface area contributed by atoms with Crippen molar-refractivity contribution >= 4 is 55.9 Å². The zero-order chi connectivity index (χ0) is 18.2. The van der Waals surface area contributed by atoms with Crippen LogP contribution in [0.4, 0.5) is 11.6 Å². The van der Waals surface area contributed by atoms with E-state index in [9.17, 15) is 0 Å². The maximum atomic E-state index is 4.25. The molecule has 0 radical (unpaired) electrons. The monoisotopic (exact) mass is 474 g/mol. The minimum absolute atomic E-state index is 0.518. The van der Waals surface area contributed by atoms with E-state index in [2.05, 4.69) is 72.9 Å². The van der Waals surface area contributed by atoms with Crippen molar-refractivity contribution < 1.29 is 0 Å². The van der Waals surface area contributed by atoms with Gasteiger partial charge in [0.2, 0.25) is 0 Å². The zero-order valence-electron chi connectivity index (χ0n) is 13.2. The number of halogens is 2. The molecular formula is C16H12Br2N8. The maximum Gasteiger partial charge on any atom is 0.151 e. The molecule has 0 unspecified atom stereocenters. The normalized spacial score (nSPS) is 11.2. The van der Waals surface area contributed by atoms with Crippen LogP contribution < -0.4 is 10.9 Å². The maximum absolute atomic E-state index is 4.25. The first kappa shape index (κ1) is 18.1. The number of nitrogens with zero attached hydrogens (tertiary/aromatic N) is 6. The molecule has 0 aliphatic heterocycles. The Kier molecular flexibility index (Phi) is 6.34. The number of rotatable bonds is 6. The SMILES string of the molecule is Brc1cccc(C=NNc2cc(N/N=C/c3cccc(Br)n3)ncn2)n1. The highest BCUT2D eigenvalue weighted by Gasteiger charge is 1.97. The Labute approximate surface area is 166 Å². The molecule has 3 rings (SSSR count). The molecule has 3 heterocycles. The summed E-state index contributed by atoms with van der Waals surface area (Å²) in [5.41, 5.74) is 7.07. The Bertz CT molecular complexity index is 872. The zero-order valence-corrected chi connectivity index (χ0v) is 16.4. The van der Waals surface area contributed by atoms with Gasteiger partial charge in [-0.1, -0.05) is 12.1 Å². The Balaban J connectivity index is 1.59. The van der Waals surface area contributed by atoms with E-state index in [0.717, 1.165) is 9.21 Å². The minimum Gasteiger partial charge on any atom is -0.261 e. The van der Waals surface area contributed by atoms with Crippen LogP contribution >= 0.6 is 31.9 Å². The number of hydrazone groups is 2. The van der Waals surface area contributed by atoms with Gasteiger partial charge in [0.1, 0.15) is 15.5 Å². The van der Waals surface area contributed by atoms with Crippen LogP contribution in [0.25, 0.3) is 0 Å². The fourth-order valence-corrected chi connectivity index (χ4v) is 2.52. The second-order valence-electron chi connectivity index (χ2n) is 4.80. The first-order chi connectivity index (χ1) is 12.7. The van der Waals surface area contributed by atoms with E-state index in [-0.39, 0.29) is 0 Å². The summed E-state index contributed by atoms with van der Waals surface area (Å²) < 4.78 is 1.49. The van der Waals surface area contributed by atoms with E-state index in [1.165, 1.54) is 6.33 Å². The summed E-state index contributed by atoms with van der Waals surface area (Å²) in [5, 5.41) is 8.20. The third kappa shape index (κ3) is 5.67. The number of hydrogen-bond donors (Lipinski definition) is 2. The van der Waals surface area contributed by atoms with Gasteiger partial charge in [0.25, 0.3) is 0 Å². The molecule has 26 heavy (non-hydrogen) atoms. The Morgan fingerprint density at radius 1 is 0.769 bits per heavy atom. The molecule has 0 bridgehead atoms. The molecule has 3 aromatic rings. The van der Waals surface area contributed by atoms with Crippen LogP contribution in [0.15, 0.2) is 68.2 Å². The summed E-state index contributed by atoms with van der Waals surface area (Å²) in [6, 6.07) is 12.8. The van der Waals surface area contributed by atoms with E-state index in [1.807, 2.05) is 36.4 Å². The van der Waals surface area contributed by atoms with E-state index in [0.29, 0.717) is 23.0 Å². The van der Waals surface area contributed by atoms with Crippen LogP contribution in [0.2, 0.25) is 0 Å². The molecule has 8 nitrogen and oxygen atoms in total. The quantitative estimate of drug-likeness (QED) is 0.320. The van der Waals surface area contributed by atoms with Crippen LogP contribution in [-0.2, 0) is 0 Å².